The number of benzene rings is 1. The van der Waals surface area contributed by atoms with Crippen molar-refractivity contribution in [1.29, 1.82) is 0 Å². The fourth-order valence-electron chi connectivity index (χ4n) is 6.06. The number of carbonyl (C=O) groups is 2. The number of aliphatic hydroxyl groups is 1. The number of amides is 3. The number of methoxy groups -OCH3 is 1. The molecule has 2 aromatic rings. The second-order valence-corrected chi connectivity index (χ2v) is 12.9. The lowest BCUT2D eigenvalue weighted by Gasteiger charge is -2.38. The van der Waals surface area contributed by atoms with Crippen LogP contribution in [0, 0.1) is 11.8 Å². The minimum absolute atomic E-state index is 0.0317. The van der Waals surface area contributed by atoms with Crippen LogP contribution >= 0.6 is 23.4 Å². The van der Waals surface area contributed by atoms with Crippen molar-refractivity contribution < 1.29 is 24.2 Å². The molecule has 1 saturated heterocycles. The Balaban J connectivity index is 1.41. The number of nitrogens with one attached hydrogen (secondary N) is 2. The predicted molar refractivity (Wildman–Crippen MR) is 166 cm³/mol. The standard InChI is InChI=1S/C30H45ClN6O5S/c1-36-20-33-35-29(36)43-19-26(38)25(16-21-8-4-3-5-9-21)34-28(39)37-14-7-11-23(18-37)27(22-10-6-12-24(31)17-22)42-15-13-32-30(40)41-2/h6,10,12,17,20-21,23,25-27,38H,3-5,7-9,11,13-16,18-19H2,1-2H3,(H,32,40)(H,34,39). The Labute approximate surface area is 263 Å². The second-order valence-electron chi connectivity index (χ2n) is 11.5. The first kappa shape index (κ1) is 33.4. The maximum Gasteiger partial charge on any atom is 0.406 e. The molecule has 0 bridgehead atoms. The number of rotatable bonds is 13. The van der Waals surface area contributed by atoms with Gasteiger partial charge in [-0.1, -0.05) is 67.6 Å². The topological polar surface area (TPSA) is 131 Å². The number of carbonyl (C=O) groups excluding carboxylic acids is 2. The molecule has 4 rings (SSSR count). The number of thioether (sulfide) groups is 1. The van der Waals surface area contributed by atoms with Crippen molar-refractivity contribution >= 4 is 35.5 Å². The average Bonchev–Trinajstić information content (AvgIpc) is 3.44. The average molecular weight is 637 g/mol. The maximum absolute atomic E-state index is 13.7. The Morgan fingerprint density at radius 2 is 2.02 bits per heavy atom. The third kappa shape index (κ3) is 10.3. The summed E-state index contributed by atoms with van der Waals surface area (Å²) in [5.41, 5.74) is 0.934. The van der Waals surface area contributed by atoms with Crippen LogP contribution < -0.4 is 10.6 Å². The number of aliphatic hydroxyl groups excluding tert-OH is 1. The first-order chi connectivity index (χ1) is 20.8. The summed E-state index contributed by atoms with van der Waals surface area (Å²) in [5.74, 6) is 0.933. The monoisotopic (exact) mass is 636 g/mol. The molecule has 2 heterocycles. The van der Waals surface area contributed by atoms with E-state index in [1.165, 1.54) is 38.1 Å². The van der Waals surface area contributed by atoms with Crippen LogP contribution in [0.1, 0.15) is 63.0 Å². The number of aromatic nitrogens is 3. The summed E-state index contributed by atoms with van der Waals surface area (Å²) < 4.78 is 12.8. The minimum Gasteiger partial charge on any atom is -0.453 e. The summed E-state index contributed by atoms with van der Waals surface area (Å²) in [6.45, 7) is 1.73. The van der Waals surface area contributed by atoms with Gasteiger partial charge in [-0.2, -0.15) is 0 Å². The van der Waals surface area contributed by atoms with E-state index in [0.717, 1.165) is 42.8 Å². The van der Waals surface area contributed by atoms with Crippen molar-refractivity contribution in [2.75, 3.05) is 39.1 Å². The molecule has 4 atom stereocenters. The smallest absolute Gasteiger partial charge is 0.406 e. The molecule has 1 saturated carbocycles. The highest BCUT2D eigenvalue weighted by atomic mass is 35.5. The molecule has 1 aliphatic heterocycles. The molecule has 1 aromatic carbocycles. The third-order valence-electron chi connectivity index (χ3n) is 8.34. The fourth-order valence-corrected chi connectivity index (χ4v) is 7.17. The van der Waals surface area contributed by atoms with Crippen LogP contribution in [0.2, 0.25) is 5.02 Å². The van der Waals surface area contributed by atoms with Gasteiger partial charge in [-0.05, 0) is 42.9 Å². The Bertz CT molecular complexity index is 1170. The van der Waals surface area contributed by atoms with E-state index in [1.807, 2.05) is 40.8 Å². The Morgan fingerprint density at radius 3 is 2.74 bits per heavy atom. The van der Waals surface area contributed by atoms with Gasteiger partial charge < -0.3 is 34.7 Å². The number of nitrogens with zero attached hydrogens (tertiary/aromatic N) is 4. The molecule has 1 aromatic heterocycles. The first-order valence-corrected chi connectivity index (χ1v) is 16.6. The SMILES string of the molecule is COC(=O)NCCOC(c1cccc(Cl)c1)C1CCCN(C(=O)NC(CC2CCCCC2)C(O)CSc2nncn2C)C1. The van der Waals surface area contributed by atoms with Gasteiger partial charge in [0, 0.05) is 43.4 Å². The molecule has 238 valence electrons. The Morgan fingerprint density at radius 1 is 1.21 bits per heavy atom. The van der Waals surface area contributed by atoms with Crippen molar-refractivity contribution in [2.45, 2.75) is 74.8 Å². The predicted octanol–water partition coefficient (Wildman–Crippen LogP) is 4.80. The van der Waals surface area contributed by atoms with Crippen molar-refractivity contribution in [3.05, 3.63) is 41.2 Å². The first-order valence-electron chi connectivity index (χ1n) is 15.2. The summed E-state index contributed by atoms with van der Waals surface area (Å²) in [5, 5.41) is 26.5. The number of halogens is 1. The molecule has 11 nitrogen and oxygen atoms in total. The number of ether oxygens (including phenoxy) is 2. The van der Waals surface area contributed by atoms with Crippen molar-refractivity contribution in [1.82, 2.24) is 30.3 Å². The van der Waals surface area contributed by atoms with Gasteiger partial charge in [-0.15, -0.1) is 10.2 Å². The number of hydrogen-bond donors (Lipinski definition) is 3. The maximum atomic E-state index is 13.7. The molecular formula is C30H45ClN6O5S. The van der Waals surface area contributed by atoms with Gasteiger partial charge in [0.05, 0.1) is 32.0 Å². The molecule has 43 heavy (non-hydrogen) atoms. The molecule has 0 spiro atoms. The molecule has 1 aliphatic carbocycles. The lowest BCUT2D eigenvalue weighted by atomic mass is 9.84. The van der Waals surface area contributed by atoms with Crippen LogP contribution in [-0.2, 0) is 16.5 Å². The molecule has 3 N–H and O–H groups in total. The number of piperidine rings is 1. The molecule has 13 heteroatoms. The molecule has 2 aliphatic rings. The van der Waals surface area contributed by atoms with E-state index >= 15 is 0 Å². The fraction of sp³-hybridized carbons (Fsp3) is 0.667. The van der Waals surface area contributed by atoms with Gasteiger partial charge in [0.25, 0.3) is 0 Å². The normalized spacial score (nSPS) is 19.8. The highest BCUT2D eigenvalue weighted by Gasteiger charge is 2.34. The van der Waals surface area contributed by atoms with Crippen LogP contribution in [0.5, 0.6) is 0 Å². The molecule has 4 unspecified atom stereocenters. The quantitative estimate of drug-likeness (QED) is 0.211. The number of alkyl carbamates (subject to hydrolysis) is 1. The van der Waals surface area contributed by atoms with Crippen molar-refractivity contribution in [3.8, 4) is 0 Å². The van der Waals surface area contributed by atoms with Crippen molar-refractivity contribution in [2.24, 2.45) is 18.9 Å². The summed E-state index contributed by atoms with van der Waals surface area (Å²) in [6.07, 6.45) is 8.47. The zero-order valence-corrected chi connectivity index (χ0v) is 26.7. The van der Waals surface area contributed by atoms with Crippen LogP contribution in [0.3, 0.4) is 0 Å². The summed E-state index contributed by atoms with van der Waals surface area (Å²) in [4.78, 5) is 27.0. The largest absolute Gasteiger partial charge is 0.453 e. The van der Waals surface area contributed by atoms with Crippen molar-refractivity contribution in [3.63, 3.8) is 0 Å². The van der Waals surface area contributed by atoms with E-state index in [0.29, 0.717) is 36.3 Å². The third-order valence-corrected chi connectivity index (χ3v) is 9.71. The highest BCUT2D eigenvalue weighted by molar-refractivity contribution is 7.99. The Kier molecular flexibility index (Phi) is 13.2. The number of likely N-dealkylation sites (tertiary alicyclic amines) is 1. The minimum atomic E-state index is -0.724. The van der Waals surface area contributed by atoms with Gasteiger partial charge >= 0.3 is 12.1 Å². The van der Waals surface area contributed by atoms with Gasteiger partial charge in [-0.25, -0.2) is 9.59 Å². The van der Waals surface area contributed by atoms with Gasteiger partial charge in [-0.3, -0.25) is 0 Å². The lowest BCUT2D eigenvalue weighted by molar-refractivity contribution is -0.00897. The van der Waals surface area contributed by atoms with Crippen LogP contribution in [0.15, 0.2) is 35.7 Å². The van der Waals surface area contributed by atoms with E-state index in [2.05, 4.69) is 25.6 Å². The van der Waals surface area contributed by atoms with E-state index < -0.39 is 12.2 Å². The number of urea groups is 1. The van der Waals surface area contributed by atoms with E-state index in [1.54, 1.807) is 6.33 Å². The molecule has 3 amide bonds. The van der Waals surface area contributed by atoms with Gasteiger partial charge in [0.1, 0.15) is 6.33 Å². The zero-order valence-electron chi connectivity index (χ0n) is 25.1. The van der Waals surface area contributed by atoms with Crippen LogP contribution in [0.4, 0.5) is 9.59 Å². The summed E-state index contributed by atoms with van der Waals surface area (Å²) >= 11 is 7.77. The molecule has 0 radical (unpaired) electrons. The van der Waals surface area contributed by atoms with E-state index in [9.17, 15) is 14.7 Å². The van der Waals surface area contributed by atoms with E-state index in [-0.39, 0.29) is 30.7 Å². The summed E-state index contributed by atoms with van der Waals surface area (Å²) in [7, 11) is 3.20. The summed E-state index contributed by atoms with van der Waals surface area (Å²) in [6, 6.07) is 7.07. The highest BCUT2D eigenvalue weighted by Crippen LogP contribution is 2.34. The molecular weight excluding hydrogens is 592 g/mol. The number of hydrogen-bond acceptors (Lipinski definition) is 8. The molecule has 2 fully saturated rings. The van der Waals surface area contributed by atoms with Crippen LogP contribution in [0.25, 0.3) is 0 Å². The second kappa shape index (κ2) is 17.1. The van der Waals surface area contributed by atoms with Gasteiger partial charge in [0.2, 0.25) is 0 Å². The number of aryl methyl sites for hydroxylation is 1. The van der Waals surface area contributed by atoms with E-state index in [4.69, 9.17) is 16.3 Å². The van der Waals surface area contributed by atoms with Crippen LogP contribution in [-0.4, -0.2) is 88.1 Å². The zero-order chi connectivity index (χ0) is 30.6. The van der Waals surface area contributed by atoms with Gasteiger partial charge in [0.15, 0.2) is 5.16 Å². The lowest BCUT2D eigenvalue weighted by Crippen LogP contribution is -2.53. The Hall–Kier alpha value is -2.54.